The van der Waals surface area contributed by atoms with Gasteiger partial charge in [0.15, 0.2) is 0 Å². The van der Waals surface area contributed by atoms with Gasteiger partial charge in [0, 0.05) is 12.6 Å². The van der Waals surface area contributed by atoms with Crippen molar-refractivity contribution in [2.45, 2.75) is 56.0 Å². The van der Waals surface area contributed by atoms with Crippen LogP contribution in [0.4, 0.5) is 0 Å². The van der Waals surface area contributed by atoms with Crippen molar-refractivity contribution in [3.05, 3.63) is 29.3 Å². The van der Waals surface area contributed by atoms with Gasteiger partial charge in [-0.05, 0) is 43.0 Å². The van der Waals surface area contributed by atoms with E-state index in [4.69, 9.17) is 0 Å². The van der Waals surface area contributed by atoms with Crippen molar-refractivity contribution >= 4 is 10.0 Å². The fourth-order valence-corrected chi connectivity index (χ4v) is 4.87. The minimum Gasteiger partial charge on any atom is -0.312 e. The van der Waals surface area contributed by atoms with Crippen molar-refractivity contribution in [1.82, 2.24) is 10.0 Å². The Morgan fingerprint density at radius 2 is 1.95 bits per heavy atom. The highest BCUT2D eigenvalue weighted by molar-refractivity contribution is 7.89. The lowest BCUT2D eigenvalue weighted by Crippen LogP contribution is -2.37. The van der Waals surface area contributed by atoms with E-state index < -0.39 is 10.0 Å². The summed E-state index contributed by atoms with van der Waals surface area (Å²) in [4.78, 5) is 0.488. The summed E-state index contributed by atoms with van der Waals surface area (Å²) in [5, 5.41) is 3.29. The van der Waals surface area contributed by atoms with E-state index in [2.05, 4.69) is 10.0 Å². The molecule has 5 heteroatoms. The predicted octanol–water partition coefficient (Wildman–Crippen LogP) is 1.94. The molecule has 3 rings (SSSR count). The van der Waals surface area contributed by atoms with Gasteiger partial charge in [0.05, 0.1) is 4.90 Å². The predicted molar refractivity (Wildman–Crippen MR) is 79.0 cm³/mol. The summed E-state index contributed by atoms with van der Waals surface area (Å²) in [6.07, 6.45) is 6.21. The number of hydrogen-bond donors (Lipinski definition) is 2. The second-order valence-corrected chi connectivity index (χ2v) is 7.46. The molecule has 2 N–H and O–H groups in total. The number of benzene rings is 1. The first kappa shape index (κ1) is 14.0. The van der Waals surface area contributed by atoms with Crippen molar-refractivity contribution in [3.63, 3.8) is 0 Å². The van der Waals surface area contributed by atoms with Gasteiger partial charge in [0.2, 0.25) is 10.0 Å². The molecule has 0 amide bonds. The Bertz CT molecular complexity index is 578. The lowest BCUT2D eigenvalue weighted by atomic mass is 9.96. The molecule has 0 unspecified atom stereocenters. The van der Waals surface area contributed by atoms with Crippen molar-refractivity contribution in [1.29, 1.82) is 0 Å². The second-order valence-electron chi connectivity index (χ2n) is 5.78. The van der Waals surface area contributed by atoms with Crippen LogP contribution < -0.4 is 10.0 Å². The Hall–Kier alpha value is -0.910. The van der Waals surface area contributed by atoms with Gasteiger partial charge in [-0.3, -0.25) is 0 Å². The SMILES string of the molecule is O=S(=O)(NC1CCCCC1)c1cccc2c1CCNC2. The normalized spacial score (nSPS) is 20.6. The number of nitrogens with one attached hydrogen (secondary N) is 2. The van der Waals surface area contributed by atoms with Gasteiger partial charge in [-0.1, -0.05) is 31.4 Å². The maximum Gasteiger partial charge on any atom is 0.241 e. The molecule has 0 saturated heterocycles. The number of sulfonamides is 1. The fraction of sp³-hybridized carbons (Fsp3) is 0.600. The molecule has 0 aromatic heterocycles. The summed E-state index contributed by atoms with van der Waals surface area (Å²) in [6, 6.07) is 5.73. The van der Waals surface area contributed by atoms with Gasteiger partial charge in [0.1, 0.15) is 0 Å². The van der Waals surface area contributed by atoms with E-state index in [0.717, 1.165) is 56.3 Å². The Morgan fingerprint density at radius 1 is 1.15 bits per heavy atom. The average molecular weight is 294 g/mol. The summed E-state index contributed by atoms with van der Waals surface area (Å²) < 4.78 is 28.2. The monoisotopic (exact) mass is 294 g/mol. The maximum absolute atomic E-state index is 12.6. The van der Waals surface area contributed by atoms with Gasteiger partial charge in [0.25, 0.3) is 0 Å². The first-order valence-electron chi connectivity index (χ1n) is 7.50. The molecule has 4 nitrogen and oxygen atoms in total. The van der Waals surface area contributed by atoms with Crippen LogP contribution in [0.15, 0.2) is 23.1 Å². The highest BCUT2D eigenvalue weighted by atomic mass is 32.2. The molecule has 1 aromatic carbocycles. The topological polar surface area (TPSA) is 58.2 Å². The Kier molecular flexibility index (Phi) is 4.10. The molecule has 0 bridgehead atoms. The van der Waals surface area contributed by atoms with E-state index in [9.17, 15) is 8.42 Å². The first-order chi connectivity index (χ1) is 9.67. The van der Waals surface area contributed by atoms with Crippen LogP contribution in [0.1, 0.15) is 43.2 Å². The van der Waals surface area contributed by atoms with Crippen LogP contribution >= 0.6 is 0 Å². The molecule has 0 radical (unpaired) electrons. The molecule has 110 valence electrons. The van der Waals surface area contributed by atoms with Crippen LogP contribution in [0.25, 0.3) is 0 Å². The van der Waals surface area contributed by atoms with Crippen molar-refractivity contribution in [2.24, 2.45) is 0 Å². The number of rotatable bonds is 3. The number of fused-ring (bicyclic) bond motifs is 1. The van der Waals surface area contributed by atoms with E-state index in [0.29, 0.717) is 4.90 Å². The van der Waals surface area contributed by atoms with Crippen molar-refractivity contribution in [2.75, 3.05) is 6.54 Å². The molecule has 20 heavy (non-hydrogen) atoms. The molecule has 1 aromatic rings. The van der Waals surface area contributed by atoms with E-state index in [1.54, 1.807) is 6.07 Å². The average Bonchev–Trinajstić information content (AvgIpc) is 2.47. The molecule has 2 aliphatic rings. The van der Waals surface area contributed by atoms with E-state index in [-0.39, 0.29) is 6.04 Å². The zero-order chi connectivity index (χ0) is 14.0. The van der Waals surface area contributed by atoms with E-state index >= 15 is 0 Å². The first-order valence-corrected chi connectivity index (χ1v) is 8.99. The molecule has 0 atom stereocenters. The van der Waals surface area contributed by atoms with Crippen LogP contribution in [0.3, 0.4) is 0 Å². The lowest BCUT2D eigenvalue weighted by Gasteiger charge is -2.25. The summed E-state index contributed by atoms with van der Waals surface area (Å²) in [6.45, 7) is 1.62. The quantitative estimate of drug-likeness (QED) is 0.896. The van der Waals surface area contributed by atoms with Crippen LogP contribution in [0.2, 0.25) is 0 Å². The van der Waals surface area contributed by atoms with E-state index in [1.807, 2.05) is 12.1 Å². The summed E-state index contributed by atoms with van der Waals surface area (Å²) in [7, 11) is -3.38. The zero-order valence-corrected chi connectivity index (χ0v) is 12.5. The lowest BCUT2D eigenvalue weighted by molar-refractivity contribution is 0.412. The molecule has 0 spiro atoms. The smallest absolute Gasteiger partial charge is 0.241 e. The third-order valence-electron chi connectivity index (χ3n) is 4.31. The standard InChI is InChI=1S/C15H22N2O2S/c18-20(19,17-13-6-2-1-3-7-13)15-8-4-5-12-11-16-10-9-14(12)15/h4-5,8,13,16-17H,1-3,6-7,9-11H2. The van der Waals surface area contributed by atoms with Gasteiger partial charge in [-0.15, -0.1) is 0 Å². The minimum atomic E-state index is -3.38. The second kappa shape index (κ2) is 5.84. The molecule has 1 aliphatic heterocycles. The van der Waals surface area contributed by atoms with Gasteiger partial charge in [-0.2, -0.15) is 0 Å². The molecular weight excluding hydrogens is 272 g/mol. The Balaban J connectivity index is 1.87. The largest absolute Gasteiger partial charge is 0.312 e. The van der Waals surface area contributed by atoms with Crippen LogP contribution in [0.5, 0.6) is 0 Å². The molecule has 1 saturated carbocycles. The summed E-state index contributed by atoms with van der Waals surface area (Å²) >= 11 is 0. The highest BCUT2D eigenvalue weighted by Crippen LogP contribution is 2.25. The van der Waals surface area contributed by atoms with Crippen LogP contribution in [-0.2, 0) is 23.0 Å². The van der Waals surface area contributed by atoms with Gasteiger partial charge < -0.3 is 5.32 Å². The molecular formula is C15H22N2O2S. The molecule has 1 aliphatic carbocycles. The van der Waals surface area contributed by atoms with E-state index in [1.165, 1.54) is 6.42 Å². The Morgan fingerprint density at radius 3 is 2.75 bits per heavy atom. The zero-order valence-electron chi connectivity index (χ0n) is 11.7. The summed E-state index contributed by atoms with van der Waals surface area (Å²) in [5.41, 5.74) is 2.11. The molecule has 1 heterocycles. The summed E-state index contributed by atoms with van der Waals surface area (Å²) in [5.74, 6) is 0. The van der Waals surface area contributed by atoms with Crippen molar-refractivity contribution < 1.29 is 8.42 Å². The maximum atomic E-state index is 12.6. The highest BCUT2D eigenvalue weighted by Gasteiger charge is 2.25. The van der Waals surface area contributed by atoms with Crippen molar-refractivity contribution in [3.8, 4) is 0 Å². The molecule has 1 fully saturated rings. The van der Waals surface area contributed by atoms with Gasteiger partial charge in [-0.25, -0.2) is 13.1 Å². The Labute approximate surface area is 121 Å². The minimum absolute atomic E-state index is 0.117. The third kappa shape index (κ3) is 2.90. The van der Waals surface area contributed by atoms with Gasteiger partial charge >= 0.3 is 0 Å². The van der Waals surface area contributed by atoms with Crippen LogP contribution in [-0.4, -0.2) is 21.0 Å². The van der Waals surface area contributed by atoms with Crippen LogP contribution in [0, 0.1) is 0 Å². The third-order valence-corrected chi connectivity index (χ3v) is 5.92. The fourth-order valence-electron chi connectivity index (χ4n) is 3.25. The number of hydrogen-bond acceptors (Lipinski definition) is 3.